The molecule has 1 aromatic carbocycles. The largest absolute Gasteiger partial charge is 0.504 e. The minimum Gasteiger partial charge on any atom is -0.504 e. The molecule has 3 rings (SSSR count). The van der Waals surface area contributed by atoms with Crippen molar-refractivity contribution < 1.29 is 19.8 Å². The van der Waals surface area contributed by atoms with Crippen LogP contribution in [0.15, 0.2) is 6.07 Å². The van der Waals surface area contributed by atoms with E-state index in [9.17, 15) is 19.8 Å². The first-order valence-electron chi connectivity index (χ1n) is 8.70. The molecule has 1 saturated carbocycles. The fourth-order valence-electron chi connectivity index (χ4n) is 5.12. The molecule has 24 heavy (non-hydrogen) atoms. The zero-order valence-electron chi connectivity index (χ0n) is 15.1. The highest BCUT2D eigenvalue weighted by Crippen LogP contribution is 2.59. The van der Waals surface area contributed by atoms with Gasteiger partial charge >= 0.3 is 0 Å². The molecule has 130 valence electrons. The number of fused-ring (bicyclic) bond motifs is 3. The maximum atomic E-state index is 12.9. The number of Topliss-reactive ketones (excluding diaryl/α,β-unsaturated/α-hetero) is 2. The van der Waals surface area contributed by atoms with Gasteiger partial charge < -0.3 is 10.2 Å². The van der Waals surface area contributed by atoms with E-state index in [4.69, 9.17) is 0 Å². The first kappa shape index (κ1) is 17.0. The summed E-state index contributed by atoms with van der Waals surface area (Å²) in [5.74, 6) is -1.78. The third-order valence-electron chi connectivity index (χ3n) is 6.16. The van der Waals surface area contributed by atoms with Gasteiger partial charge in [0.1, 0.15) is 0 Å². The number of aromatic hydroxyl groups is 2. The van der Waals surface area contributed by atoms with Crippen LogP contribution in [-0.2, 0) is 10.2 Å². The molecule has 0 bridgehead atoms. The Kier molecular flexibility index (Phi) is 3.60. The van der Waals surface area contributed by atoms with Crippen LogP contribution in [-0.4, -0.2) is 21.8 Å². The van der Waals surface area contributed by atoms with Gasteiger partial charge in [0.15, 0.2) is 11.5 Å². The number of hydrogen-bond acceptors (Lipinski definition) is 4. The number of carbonyl (C=O) groups excluding carboxylic acids is 2. The van der Waals surface area contributed by atoms with Crippen molar-refractivity contribution in [1.82, 2.24) is 0 Å². The Morgan fingerprint density at radius 1 is 1.08 bits per heavy atom. The van der Waals surface area contributed by atoms with E-state index in [1.165, 1.54) is 0 Å². The van der Waals surface area contributed by atoms with Gasteiger partial charge in [-0.15, -0.1) is 0 Å². The SMILES string of the molecule is CC(C)c1cc2c(c(O)c1O)[C@@]1(C)CCCC(C)(C)C1C(=O)C2=O. The maximum Gasteiger partial charge on any atom is 0.229 e. The summed E-state index contributed by atoms with van der Waals surface area (Å²) in [5, 5.41) is 21.2. The second kappa shape index (κ2) is 5.08. The van der Waals surface area contributed by atoms with E-state index in [1.54, 1.807) is 6.07 Å². The van der Waals surface area contributed by atoms with Gasteiger partial charge in [-0.25, -0.2) is 0 Å². The number of ketones is 2. The van der Waals surface area contributed by atoms with Crippen molar-refractivity contribution in [1.29, 1.82) is 0 Å². The van der Waals surface area contributed by atoms with Crippen molar-refractivity contribution in [3.05, 3.63) is 22.8 Å². The van der Waals surface area contributed by atoms with Crippen molar-refractivity contribution in [2.75, 3.05) is 0 Å². The van der Waals surface area contributed by atoms with Crippen molar-refractivity contribution in [3.63, 3.8) is 0 Å². The Hall–Kier alpha value is -1.84. The number of rotatable bonds is 1. The molecule has 1 aromatic rings. The van der Waals surface area contributed by atoms with E-state index in [-0.39, 0.29) is 34.2 Å². The third-order valence-corrected chi connectivity index (χ3v) is 6.16. The predicted octanol–water partition coefficient (Wildman–Crippen LogP) is 4.07. The molecule has 4 nitrogen and oxygen atoms in total. The first-order chi connectivity index (χ1) is 11.0. The zero-order valence-corrected chi connectivity index (χ0v) is 15.1. The highest BCUT2D eigenvalue weighted by Gasteiger charge is 2.58. The van der Waals surface area contributed by atoms with Gasteiger partial charge in [-0.3, -0.25) is 9.59 Å². The van der Waals surface area contributed by atoms with Gasteiger partial charge in [-0.05, 0) is 30.2 Å². The lowest BCUT2D eigenvalue weighted by molar-refractivity contribution is -0.128. The highest BCUT2D eigenvalue weighted by atomic mass is 16.3. The Balaban J connectivity index is 2.36. The molecule has 0 aliphatic heterocycles. The maximum absolute atomic E-state index is 12.9. The van der Waals surface area contributed by atoms with Crippen LogP contribution in [0.4, 0.5) is 0 Å². The van der Waals surface area contributed by atoms with E-state index < -0.39 is 17.1 Å². The summed E-state index contributed by atoms with van der Waals surface area (Å²) < 4.78 is 0. The molecule has 0 spiro atoms. The predicted molar refractivity (Wildman–Crippen MR) is 91.7 cm³/mol. The van der Waals surface area contributed by atoms with Crippen LogP contribution in [0.25, 0.3) is 0 Å². The summed E-state index contributed by atoms with van der Waals surface area (Å²) in [6.45, 7) is 9.75. The summed E-state index contributed by atoms with van der Waals surface area (Å²) >= 11 is 0. The average molecular weight is 330 g/mol. The molecule has 2 aliphatic rings. The lowest BCUT2D eigenvalue weighted by Gasteiger charge is -2.52. The third kappa shape index (κ3) is 2.04. The number of hydrogen-bond donors (Lipinski definition) is 2. The summed E-state index contributed by atoms with van der Waals surface area (Å²) in [6, 6.07) is 1.61. The molecule has 2 atom stereocenters. The smallest absolute Gasteiger partial charge is 0.229 e. The molecule has 4 heteroatoms. The van der Waals surface area contributed by atoms with Gasteiger partial charge in [0.25, 0.3) is 0 Å². The molecule has 0 heterocycles. The molecule has 2 aliphatic carbocycles. The van der Waals surface area contributed by atoms with Crippen LogP contribution < -0.4 is 0 Å². The van der Waals surface area contributed by atoms with Crippen molar-refractivity contribution in [2.24, 2.45) is 11.3 Å². The topological polar surface area (TPSA) is 74.6 Å². The van der Waals surface area contributed by atoms with Crippen LogP contribution >= 0.6 is 0 Å². The number of phenolic OH excluding ortho intramolecular Hbond substituents is 2. The van der Waals surface area contributed by atoms with Gasteiger partial charge in [-0.1, -0.05) is 41.0 Å². The van der Waals surface area contributed by atoms with Gasteiger partial charge in [0.05, 0.1) is 0 Å². The molecular formula is C20H26O4. The van der Waals surface area contributed by atoms with Gasteiger partial charge in [0, 0.05) is 28.0 Å². The monoisotopic (exact) mass is 330 g/mol. The van der Waals surface area contributed by atoms with Crippen LogP contribution in [0.1, 0.15) is 81.3 Å². The molecule has 2 N–H and O–H groups in total. The second-order valence-electron chi connectivity index (χ2n) is 8.63. The van der Waals surface area contributed by atoms with Crippen LogP contribution in [0.2, 0.25) is 0 Å². The molecule has 0 amide bonds. The van der Waals surface area contributed by atoms with E-state index in [2.05, 4.69) is 0 Å². The van der Waals surface area contributed by atoms with Crippen LogP contribution in [0.5, 0.6) is 11.5 Å². The van der Waals surface area contributed by atoms with E-state index in [0.717, 1.165) is 19.3 Å². The summed E-state index contributed by atoms with van der Waals surface area (Å²) in [5.41, 5.74) is 0.307. The quantitative estimate of drug-likeness (QED) is 0.601. The van der Waals surface area contributed by atoms with Crippen molar-refractivity contribution in [3.8, 4) is 11.5 Å². The Bertz CT molecular complexity index is 744. The Morgan fingerprint density at radius 2 is 1.71 bits per heavy atom. The van der Waals surface area contributed by atoms with E-state index in [1.807, 2.05) is 34.6 Å². The molecule has 1 fully saturated rings. The summed E-state index contributed by atoms with van der Waals surface area (Å²) in [7, 11) is 0. The lowest BCUT2D eigenvalue weighted by Crippen LogP contribution is -2.54. The normalized spacial score (nSPS) is 28.7. The second-order valence-corrected chi connectivity index (χ2v) is 8.63. The lowest BCUT2D eigenvalue weighted by atomic mass is 9.49. The Morgan fingerprint density at radius 3 is 2.29 bits per heavy atom. The Labute approximate surface area is 142 Å². The van der Waals surface area contributed by atoms with E-state index >= 15 is 0 Å². The van der Waals surface area contributed by atoms with Crippen LogP contribution in [0, 0.1) is 11.3 Å². The average Bonchev–Trinajstić information content (AvgIpc) is 2.46. The van der Waals surface area contributed by atoms with E-state index in [0.29, 0.717) is 11.1 Å². The fourth-order valence-corrected chi connectivity index (χ4v) is 5.12. The molecule has 0 saturated heterocycles. The molecule has 0 aromatic heterocycles. The first-order valence-corrected chi connectivity index (χ1v) is 8.70. The number of benzene rings is 1. The molecule has 0 radical (unpaired) electrons. The van der Waals surface area contributed by atoms with Crippen molar-refractivity contribution >= 4 is 11.6 Å². The minimum atomic E-state index is -0.626. The number of carbonyl (C=O) groups is 2. The zero-order chi connectivity index (χ0) is 18.0. The van der Waals surface area contributed by atoms with Crippen molar-refractivity contribution in [2.45, 2.75) is 65.2 Å². The van der Waals surface area contributed by atoms with Gasteiger partial charge in [0.2, 0.25) is 11.6 Å². The summed E-state index contributed by atoms with van der Waals surface area (Å²) in [4.78, 5) is 25.7. The summed E-state index contributed by atoms with van der Waals surface area (Å²) in [6.07, 6.45) is 2.52. The van der Waals surface area contributed by atoms with Gasteiger partial charge in [-0.2, -0.15) is 0 Å². The molecule has 1 unspecified atom stereocenters. The highest BCUT2D eigenvalue weighted by molar-refractivity contribution is 6.46. The minimum absolute atomic E-state index is 0.0579. The molecular weight excluding hydrogens is 304 g/mol. The standard InChI is InChI=1S/C20H26O4/c1-10(2)11-9-12-13(16(23)14(11)21)20(5)8-6-7-19(3,4)18(20)17(24)15(12)22/h9-10,18,21,23H,6-8H2,1-5H3/t18?,20-/m1/s1. The number of phenols is 2. The van der Waals surface area contributed by atoms with Crippen LogP contribution in [0.3, 0.4) is 0 Å². The fraction of sp³-hybridized carbons (Fsp3) is 0.600.